The molecule has 1 aliphatic heterocycles. The fourth-order valence-corrected chi connectivity index (χ4v) is 3.57. The zero-order valence-electron chi connectivity index (χ0n) is 14.7. The third kappa shape index (κ3) is 3.20. The van der Waals surface area contributed by atoms with Gasteiger partial charge in [0, 0.05) is 36.0 Å². The molecular formula is C19H21N3O4. The first kappa shape index (κ1) is 17.7. The number of fused-ring (bicyclic) bond motifs is 1. The second-order valence-corrected chi connectivity index (χ2v) is 6.48. The number of ether oxygens (including phenoxy) is 1. The molecule has 7 nitrogen and oxygen atoms in total. The van der Waals surface area contributed by atoms with E-state index in [1.165, 1.54) is 12.1 Å². The lowest BCUT2D eigenvalue weighted by Crippen LogP contribution is -2.41. The van der Waals surface area contributed by atoms with E-state index in [9.17, 15) is 14.9 Å². The van der Waals surface area contributed by atoms with Crippen molar-refractivity contribution in [3.63, 3.8) is 0 Å². The minimum absolute atomic E-state index is 0.0220. The Morgan fingerprint density at radius 3 is 2.73 bits per heavy atom. The number of para-hydroxylation sites is 1. The first-order chi connectivity index (χ1) is 12.4. The molecule has 0 saturated carbocycles. The number of carbonyl (C=O) groups is 1. The molecule has 0 aliphatic carbocycles. The van der Waals surface area contributed by atoms with Gasteiger partial charge in [0.1, 0.15) is 5.75 Å². The molecule has 0 bridgehead atoms. The summed E-state index contributed by atoms with van der Waals surface area (Å²) < 4.78 is 5.38. The predicted molar refractivity (Wildman–Crippen MR) is 98.3 cm³/mol. The van der Waals surface area contributed by atoms with Crippen molar-refractivity contribution in [2.45, 2.75) is 31.8 Å². The lowest BCUT2D eigenvalue weighted by Gasteiger charge is -2.40. The number of nitro groups is 1. The molecule has 2 aromatic carbocycles. The normalized spacial score (nSPS) is 18.9. The zero-order valence-corrected chi connectivity index (χ0v) is 14.7. The molecule has 0 radical (unpaired) electrons. The molecule has 0 unspecified atom stereocenters. The van der Waals surface area contributed by atoms with Gasteiger partial charge < -0.3 is 15.4 Å². The van der Waals surface area contributed by atoms with Gasteiger partial charge in [-0.1, -0.05) is 18.2 Å². The number of rotatable bonds is 5. The zero-order chi connectivity index (χ0) is 18.8. The van der Waals surface area contributed by atoms with Gasteiger partial charge in [-0.25, -0.2) is 0 Å². The summed E-state index contributed by atoms with van der Waals surface area (Å²) in [5.41, 5.74) is 8.14. The number of benzene rings is 2. The average Bonchev–Trinajstić information content (AvgIpc) is 2.63. The number of methoxy groups -OCH3 is 1. The minimum Gasteiger partial charge on any atom is -0.496 e. The van der Waals surface area contributed by atoms with E-state index in [0.29, 0.717) is 18.7 Å². The number of anilines is 1. The highest BCUT2D eigenvalue weighted by atomic mass is 16.6. The summed E-state index contributed by atoms with van der Waals surface area (Å²) in [6, 6.07) is 12.3. The Labute approximate surface area is 151 Å². The summed E-state index contributed by atoms with van der Waals surface area (Å²) in [4.78, 5) is 24.7. The van der Waals surface area contributed by atoms with E-state index in [-0.39, 0.29) is 23.6 Å². The number of hydrogen-bond donors (Lipinski definition) is 1. The fraction of sp³-hybridized carbons (Fsp3) is 0.316. The van der Waals surface area contributed by atoms with Crippen molar-refractivity contribution in [1.82, 2.24) is 0 Å². The lowest BCUT2D eigenvalue weighted by molar-refractivity contribution is -0.384. The largest absolute Gasteiger partial charge is 0.496 e. The summed E-state index contributed by atoms with van der Waals surface area (Å²) >= 11 is 0. The van der Waals surface area contributed by atoms with Crippen LogP contribution >= 0.6 is 0 Å². The standard InChI is InChI=1S/C19H21N3O4/c1-12-9-16(19(20)23)15-5-3-4-6-17(15)21(12)11-13-10-14(22(24)25)7-8-18(13)26-2/h3-8,10,12,16H,9,11H2,1-2H3,(H2,20,23)/t12-,16-/m1/s1. The van der Waals surface area contributed by atoms with E-state index >= 15 is 0 Å². The van der Waals surface area contributed by atoms with Crippen LogP contribution in [-0.4, -0.2) is 24.0 Å². The third-order valence-corrected chi connectivity index (χ3v) is 4.89. The summed E-state index contributed by atoms with van der Waals surface area (Å²) in [7, 11) is 1.54. The van der Waals surface area contributed by atoms with Gasteiger partial charge in [0.15, 0.2) is 0 Å². The summed E-state index contributed by atoms with van der Waals surface area (Å²) in [6.45, 7) is 2.46. The Balaban J connectivity index is 2.02. The lowest BCUT2D eigenvalue weighted by atomic mass is 9.85. The number of primary amides is 1. The Hall–Kier alpha value is -3.09. The van der Waals surface area contributed by atoms with E-state index in [1.54, 1.807) is 13.2 Å². The minimum atomic E-state index is -0.417. The van der Waals surface area contributed by atoms with E-state index in [0.717, 1.165) is 16.8 Å². The van der Waals surface area contributed by atoms with E-state index in [4.69, 9.17) is 10.5 Å². The first-order valence-corrected chi connectivity index (χ1v) is 8.38. The summed E-state index contributed by atoms with van der Waals surface area (Å²) in [5, 5.41) is 11.1. The van der Waals surface area contributed by atoms with Crippen molar-refractivity contribution in [3.05, 3.63) is 63.7 Å². The van der Waals surface area contributed by atoms with Crippen LogP contribution in [0.1, 0.15) is 30.4 Å². The maximum Gasteiger partial charge on any atom is 0.270 e. The molecule has 2 atom stereocenters. The number of nitrogens with zero attached hydrogens (tertiary/aromatic N) is 2. The molecule has 0 fully saturated rings. The highest BCUT2D eigenvalue weighted by Gasteiger charge is 2.33. The van der Waals surface area contributed by atoms with Gasteiger partial charge in [-0.3, -0.25) is 14.9 Å². The van der Waals surface area contributed by atoms with Crippen LogP contribution < -0.4 is 15.4 Å². The number of non-ortho nitro benzene ring substituents is 1. The number of hydrogen-bond acceptors (Lipinski definition) is 5. The summed E-state index contributed by atoms with van der Waals surface area (Å²) in [5.74, 6) is -0.0707. The molecule has 1 heterocycles. The van der Waals surface area contributed by atoms with Gasteiger partial charge in [0.05, 0.1) is 18.0 Å². The quantitative estimate of drug-likeness (QED) is 0.657. The van der Waals surface area contributed by atoms with Gasteiger partial charge in [0.2, 0.25) is 5.91 Å². The predicted octanol–water partition coefficient (Wildman–Crippen LogP) is 2.97. The van der Waals surface area contributed by atoms with Crippen LogP contribution in [0.25, 0.3) is 0 Å². The second kappa shape index (κ2) is 7.03. The maximum absolute atomic E-state index is 11.9. The second-order valence-electron chi connectivity index (χ2n) is 6.48. The SMILES string of the molecule is COc1ccc([N+](=O)[O-])cc1CN1c2ccccc2[C@H](C(N)=O)C[C@H]1C. The Bertz CT molecular complexity index is 852. The number of carbonyl (C=O) groups excluding carboxylic acids is 1. The molecule has 136 valence electrons. The molecule has 0 aromatic heterocycles. The molecule has 3 rings (SSSR count). The molecule has 2 N–H and O–H groups in total. The number of nitrogens with two attached hydrogens (primary N) is 1. The van der Waals surface area contributed by atoms with Crippen LogP contribution in [0.5, 0.6) is 5.75 Å². The molecule has 0 saturated heterocycles. The van der Waals surface area contributed by atoms with Crippen molar-refractivity contribution < 1.29 is 14.5 Å². The smallest absolute Gasteiger partial charge is 0.270 e. The molecule has 0 spiro atoms. The van der Waals surface area contributed by atoms with Crippen LogP contribution in [0.15, 0.2) is 42.5 Å². The highest BCUT2D eigenvalue weighted by molar-refractivity contribution is 5.85. The maximum atomic E-state index is 11.9. The number of nitro benzene ring substituents is 1. The third-order valence-electron chi connectivity index (χ3n) is 4.89. The molecule has 26 heavy (non-hydrogen) atoms. The molecule has 7 heteroatoms. The van der Waals surface area contributed by atoms with Crippen molar-refractivity contribution in [2.24, 2.45) is 5.73 Å². The molecule has 2 aromatic rings. The van der Waals surface area contributed by atoms with Crippen LogP contribution in [0.3, 0.4) is 0 Å². The van der Waals surface area contributed by atoms with E-state index in [2.05, 4.69) is 4.90 Å². The van der Waals surface area contributed by atoms with Gasteiger partial charge >= 0.3 is 0 Å². The van der Waals surface area contributed by atoms with Crippen molar-refractivity contribution in [3.8, 4) is 5.75 Å². The van der Waals surface area contributed by atoms with Crippen LogP contribution in [0.2, 0.25) is 0 Å². The van der Waals surface area contributed by atoms with Crippen molar-refractivity contribution >= 4 is 17.3 Å². The van der Waals surface area contributed by atoms with Crippen molar-refractivity contribution in [2.75, 3.05) is 12.0 Å². The topological polar surface area (TPSA) is 98.7 Å². The Morgan fingerprint density at radius 1 is 1.35 bits per heavy atom. The van der Waals surface area contributed by atoms with E-state index < -0.39 is 4.92 Å². The summed E-state index contributed by atoms with van der Waals surface area (Å²) in [6.07, 6.45) is 0.601. The molecule has 1 aliphatic rings. The molecule has 1 amide bonds. The van der Waals surface area contributed by atoms with Crippen LogP contribution in [-0.2, 0) is 11.3 Å². The van der Waals surface area contributed by atoms with E-state index in [1.807, 2.05) is 31.2 Å². The highest BCUT2D eigenvalue weighted by Crippen LogP contribution is 2.40. The van der Waals surface area contributed by atoms with Crippen molar-refractivity contribution in [1.29, 1.82) is 0 Å². The number of amides is 1. The Morgan fingerprint density at radius 2 is 2.08 bits per heavy atom. The van der Waals surface area contributed by atoms with Gasteiger partial charge in [-0.05, 0) is 31.0 Å². The van der Waals surface area contributed by atoms with Gasteiger partial charge in [0.25, 0.3) is 5.69 Å². The van der Waals surface area contributed by atoms with Crippen LogP contribution in [0, 0.1) is 10.1 Å². The van der Waals surface area contributed by atoms with Gasteiger partial charge in [-0.2, -0.15) is 0 Å². The molecular weight excluding hydrogens is 334 g/mol. The Kier molecular flexibility index (Phi) is 4.79. The van der Waals surface area contributed by atoms with Gasteiger partial charge in [-0.15, -0.1) is 0 Å². The fourth-order valence-electron chi connectivity index (χ4n) is 3.57. The van der Waals surface area contributed by atoms with Crippen LogP contribution in [0.4, 0.5) is 11.4 Å². The first-order valence-electron chi connectivity index (χ1n) is 8.38. The monoisotopic (exact) mass is 355 g/mol. The average molecular weight is 355 g/mol.